The average molecular weight is 204 g/mol. The molecular formula is C7H9FN2O2S. The molecule has 3 N–H and O–H groups in total. The van der Waals surface area contributed by atoms with Crippen LogP contribution in [0.25, 0.3) is 0 Å². The van der Waals surface area contributed by atoms with Crippen LogP contribution in [0, 0.1) is 12.7 Å². The highest BCUT2D eigenvalue weighted by Crippen LogP contribution is 2.17. The Balaban J connectivity index is 3.46. The number of nitrogens with one attached hydrogen (secondary N) is 1. The highest BCUT2D eigenvalue weighted by atomic mass is 32.2. The smallest absolute Gasteiger partial charge is 0.256 e. The molecule has 0 aliphatic heterocycles. The van der Waals surface area contributed by atoms with Crippen molar-refractivity contribution >= 4 is 10.0 Å². The molecule has 72 valence electrons. The topological polar surface area (TPSA) is 72.2 Å². The molecule has 0 unspecified atom stereocenters. The van der Waals surface area contributed by atoms with Crippen molar-refractivity contribution in [2.45, 2.75) is 11.8 Å². The van der Waals surface area contributed by atoms with Crippen molar-refractivity contribution in [2.75, 3.05) is 0 Å². The summed E-state index contributed by atoms with van der Waals surface area (Å²) in [5, 5.41) is 0. The Morgan fingerprint density at radius 1 is 1.46 bits per heavy atom. The molecule has 13 heavy (non-hydrogen) atoms. The third-order valence-electron chi connectivity index (χ3n) is 1.59. The summed E-state index contributed by atoms with van der Waals surface area (Å²) in [6, 6.07) is 3.99. The Hall–Kier alpha value is -0.980. The zero-order valence-corrected chi connectivity index (χ0v) is 7.73. The molecule has 4 nitrogen and oxygen atoms in total. The van der Waals surface area contributed by atoms with Crippen LogP contribution in [0.5, 0.6) is 0 Å². The van der Waals surface area contributed by atoms with Gasteiger partial charge >= 0.3 is 0 Å². The van der Waals surface area contributed by atoms with Crippen molar-refractivity contribution in [3.8, 4) is 0 Å². The maximum absolute atomic E-state index is 13.1. The molecule has 0 fully saturated rings. The number of nitrogens with two attached hydrogens (primary N) is 1. The molecule has 1 aromatic rings. The van der Waals surface area contributed by atoms with E-state index in [1.54, 1.807) is 4.83 Å². The van der Waals surface area contributed by atoms with Crippen molar-refractivity contribution in [3.05, 3.63) is 29.6 Å². The van der Waals surface area contributed by atoms with Gasteiger partial charge in [-0.15, -0.1) is 4.83 Å². The number of benzene rings is 1. The molecule has 0 aliphatic rings. The van der Waals surface area contributed by atoms with Gasteiger partial charge in [0.15, 0.2) is 0 Å². The minimum absolute atomic E-state index is 0.318. The van der Waals surface area contributed by atoms with Crippen LogP contribution < -0.4 is 10.7 Å². The lowest BCUT2D eigenvalue weighted by molar-refractivity contribution is 0.556. The lowest BCUT2D eigenvalue weighted by atomic mass is 10.2. The molecular weight excluding hydrogens is 195 g/mol. The maximum Gasteiger partial charge on any atom is 0.256 e. The van der Waals surface area contributed by atoms with E-state index in [1.807, 2.05) is 0 Å². The summed E-state index contributed by atoms with van der Waals surface area (Å²) in [5.41, 5.74) is 0.318. The van der Waals surface area contributed by atoms with Gasteiger partial charge in [-0.1, -0.05) is 12.1 Å². The Labute approximate surface area is 75.6 Å². The normalized spacial score (nSPS) is 11.6. The fourth-order valence-electron chi connectivity index (χ4n) is 1.02. The van der Waals surface area contributed by atoms with Crippen LogP contribution in [0.3, 0.4) is 0 Å². The van der Waals surface area contributed by atoms with Crippen molar-refractivity contribution < 1.29 is 12.8 Å². The second-order valence-electron chi connectivity index (χ2n) is 2.51. The number of sulfonamides is 1. The molecule has 0 amide bonds. The van der Waals surface area contributed by atoms with E-state index in [2.05, 4.69) is 0 Å². The van der Waals surface area contributed by atoms with Gasteiger partial charge in [0.2, 0.25) is 0 Å². The van der Waals surface area contributed by atoms with E-state index < -0.39 is 20.7 Å². The third-order valence-corrected chi connectivity index (χ3v) is 2.95. The highest BCUT2D eigenvalue weighted by molar-refractivity contribution is 7.89. The van der Waals surface area contributed by atoms with Gasteiger partial charge in [-0.25, -0.2) is 12.8 Å². The van der Waals surface area contributed by atoms with Crippen molar-refractivity contribution in [1.82, 2.24) is 4.83 Å². The minimum Gasteiger partial charge on any atom is -0.257 e. The lowest BCUT2D eigenvalue weighted by Crippen LogP contribution is -2.31. The molecule has 0 aliphatic carbocycles. The molecule has 0 spiro atoms. The van der Waals surface area contributed by atoms with Crippen LogP contribution in [-0.4, -0.2) is 8.42 Å². The van der Waals surface area contributed by atoms with E-state index in [0.29, 0.717) is 5.56 Å². The number of halogens is 1. The van der Waals surface area contributed by atoms with E-state index >= 15 is 0 Å². The zero-order chi connectivity index (χ0) is 10.1. The molecule has 0 radical (unpaired) electrons. The predicted molar refractivity (Wildman–Crippen MR) is 45.6 cm³/mol. The molecule has 0 saturated heterocycles. The number of rotatable bonds is 2. The zero-order valence-electron chi connectivity index (χ0n) is 6.91. The van der Waals surface area contributed by atoms with Gasteiger partial charge in [0.05, 0.1) is 0 Å². The summed E-state index contributed by atoms with van der Waals surface area (Å²) < 4.78 is 35.4. The van der Waals surface area contributed by atoms with Gasteiger partial charge < -0.3 is 0 Å². The van der Waals surface area contributed by atoms with Crippen LogP contribution in [0.4, 0.5) is 4.39 Å². The second-order valence-corrected chi connectivity index (χ2v) is 4.16. The first-order chi connectivity index (χ1) is 5.99. The minimum atomic E-state index is -3.91. The molecule has 0 bridgehead atoms. The summed E-state index contributed by atoms with van der Waals surface area (Å²) in [4.78, 5) is 1.17. The van der Waals surface area contributed by atoms with E-state index in [4.69, 9.17) is 5.84 Å². The summed E-state index contributed by atoms with van der Waals surface area (Å²) in [6.45, 7) is 1.49. The lowest BCUT2D eigenvalue weighted by Gasteiger charge is -2.06. The Bertz CT molecular complexity index is 396. The predicted octanol–water partition coefficient (Wildman–Crippen LogP) is 0.286. The van der Waals surface area contributed by atoms with Crippen LogP contribution in [0.1, 0.15) is 5.56 Å². The Kier molecular flexibility index (Phi) is 2.65. The van der Waals surface area contributed by atoms with E-state index in [0.717, 1.165) is 6.07 Å². The number of aryl methyl sites for hydroxylation is 1. The van der Waals surface area contributed by atoms with Crippen molar-refractivity contribution in [3.63, 3.8) is 0 Å². The van der Waals surface area contributed by atoms with E-state index in [1.165, 1.54) is 19.1 Å². The second kappa shape index (κ2) is 3.41. The first-order valence-corrected chi connectivity index (χ1v) is 4.95. The Morgan fingerprint density at radius 3 is 2.54 bits per heavy atom. The van der Waals surface area contributed by atoms with Gasteiger partial charge in [0.1, 0.15) is 10.7 Å². The van der Waals surface area contributed by atoms with E-state index in [9.17, 15) is 12.8 Å². The summed E-state index contributed by atoms with van der Waals surface area (Å²) in [5.74, 6) is 3.96. The summed E-state index contributed by atoms with van der Waals surface area (Å²) in [6.07, 6.45) is 0. The molecule has 0 atom stereocenters. The SMILES string of the molecule is Cc1cccc(F)c1S(=O)(=O)NN. The largest absolute Gasteiger partial charge is 0.257 e. The molecule has 6 heteroatoms. The number of hydrazine groups is 1. The monoisotopic (exact) mass is 204 g/mol. The quantitative estimate of drug-likeness (QED) is 0.537. The Morgan fingerprint density at radius 2 is 2.08 bits per heavy atom. The first-order valence-electron chi connectivity index (χ1n) is 3.46. The van der Waals surface area contributed by atoms with Gasteiger partial charge in [-0.3, -0.25) is 5.84 Å². The van der Waals surface area contributed by atoms with Crippen LogP contribution >= 0.6 is 0 Å². The van der Waals surface area contributed by atoms with Gasteiger partial charge in [-0.2, -0.15) is 0 Å². The van der Waals surface area contributed by atoms with Gasteiger partial charge in [0.25, 0.3) is 10.0 Å². The molecule has 1 rings (SSSR count). The van der Waals surface area contributed by atoms with Gasteiger partial charge in [-0.05, 0) is 18.6 Å². The van der Waals surface area contributed by atoms with Crippen LogP contribution in [0.2, 0.25) is 0 Å². The highest BCUT2D eigenvalue weighted by Gasteiger charge is 2.19. The first kappa shape index (κ1) is 10.1. The molecule has 1 aromatic carbocycles. The van der Waals surface area contributed by atoms with Crippen LogP contribution in [-0.2, 0) is 10.0 Å². The summed E-state index contributed by atoms with van der Waals surface area (Å²) >= 11 is 0. The van der Waals surface area contributed by atoms with Crippen molar-refractivity contribution in [1.29, 1.82) is 0 Å². The average Bonchev–Trinajstić information content (AvgIpc) is 2.03. The third kappa shape index (κ3) is 1.85. The summed E-state index contributed by atoms with van der Waals surface area (Å²) in [7, 11) is -3.91. The fourth-order valence-corrected chi connectivity index (χ4v) is 1.95. The standard InChI is InChI=1S/C7H9FN2O2S/c1-5-3-2-4-6(8)7(5)13(11,12)10-9/h2-4,10H,9H2,1H3. The van der Waals surface area contributed by atoms with E-state index in [-0.39, 0.29) is 0 Å². The molecule has 0 heterocycles. The van der Waals surface area contributed by atoms with Crippen LogP contribution in [0.15, 0.2) is 23.1 Å². The maximum atomic E-state index is 13.1. The number of hydrogen-bond donors (Lipinski definition) is 2. The van der Waals surface area contributed by atoms with Gasteiger partial charge in [0, 0.05) is 0 Å². The molecule has 0 saturated carbocycles. The number of hydrogen-bond acceptors (Lipinski definition) is 3. The fraction of sp³-hybridized carbons (Fsp3) is 0.143. The molecule has 0 aromatic heterocycles. The van der Waals surface area contributed by atoms with Crippen molar-refractivity contribution in [2.24, 2.45) is 5.84 Å².